The Morgan fingerprint density at radius 2 is 1.86 bits per heavy atom. The molecule has 0 aliphatic heterocycles. The topological polar surface area (TPSA) is 76.0 Å². The van der Waals surface area contributed by atoms with Crippen molar-refractivity contribution in [1.82, 2.24) is 4.98 Å². The number of nitrogens with one attached hydrogen (secondary N) is 1. The number of ketones is 1. The first kappa shape index (κ1) is 13.1. The van der Waals surface area contributed by atoms with Crippen molar-refractivity contribution in [1.29, 1.82) is 0 Å². The highest BCUT2D eigenvalue weighted by atomic mass is 16.1. The second kappa shape index (κ2) is 4.90. The highest BCUT2D eigenvalue weighted by molar-refractivity contribution is 6.08. The zero-order valence-electron chi connectivity index (χ0n) is 11.5. The number of aromatic nitrogens is 1. The van der Waals surface area contributed by atoms with Gasteiger partial charge in [0.05, 0.1) is 5.69 Å². The van der Waals surface area contributed by atoms with Gasteiger partial charge in [-0.25, -0.2) is 0 Å². The third-order valence-electron chi connectivity index (χ3n) is 3.51. The molecule has 0 saturated heterocycles. The summed E-state index contributed by atoms with van der Waals surface area (Å²) in [7, 11) is 0. The number of rotatable bonds is 2. The molecule has 3 N–H and O–H groups in total. The maximum Gasteiger partial charge on any atom is 0.209 e. The minimum absolute atomic E-state index is 0.167. The summed E-state index contributed by atoms with van der Waals surface area (Å²) in [5, 5.41) is 0.572. The van der Waals surface area contributed by atoms with Crippen LogP contribution in [0.2, 0.25) is 0 Å². The van der Waals surface area contributed by atoms with Crippen LogP contribution in [0, 0.1) is 6.92 Å². The number of carbonyl (C=O) groups excluding carboxylic acids is 1. The van der Waals surface area contributed by atoms with E-state index in [2.05, 4.69) is 4.98 Å². The van der Waals surface area contributed by atoms with Gasteiger partial charge in [-0.3, -0.25) is 9.59 Å². The lowest BCUT2D eigenvalue weighted by atomic mass is 10.0. The molecule has 0 bridgehead atoms. The van der Waals surface area contributed by atoms with Crippen molar-refractivity contribution in [2.45, 2.75) is 6.92 Å². The van der Waals surface area contributed by atoms with Crippen LogP contribution in [-0.2, 0) is 0 Å². The molecule has 0 fully saturated rings. The standard InChI is InChI=1S/C17H14N2O2/c1-10-8-11(6-7-13(10)18)17(21)15-9-16(20)12-4-2-3-5-14(12)19-15/h2-9H,18H2,1H3,(H,19,20). The van der Waals surface area contributed by atoms with Crippen molar-refractivity contribution in [2.75, 3.05) is 5.73 Å². The maximum absolute atomic E-state index is 12.5. The molecule has 104 valence electrons. The Labute approximate surface area is 121 Å². The van der Waals surface area contributed by atoms with E-state index in [0.717, 1.165) is 5.56 Å². The van der Waals surface area contributed by atoms with Gasteiger partial charge in [0, 0.05) is 28.2 Å². The van der Waals surface area contributed by atoms with Crippen LogP contribution in [0.25, 0.3) is 10.9 Å². The SMILES string of the molecule is Cc1cc(C(=O)c2cc(=O)c3ccccc3[nH]2)ccc1N. The number of nitrogen functional groups attached to an aromatic ring is 1. The van der Waals surface area contributed by atoms with E-state index in [4.69, 9.17) is 5.73 Å². The molecule has 1 heterocycles. The number of carbonyl (C=O) groups is 1. The van der Waals surface area contributed by atoms with E-state index in [1.807, 2.05) is 13.0 Å². The highest BCUT2D eigenvalue weighted by Crippen LogP contribution is 2.16. The number of H-pyrrole nitrogens is 1. The van der Waals surface area contributed by atoms with Crippen LogP contribution in [0.15, 0.2) is 53.3 Å². The van der Waals surface area contributed by atoms with Gasteiger partial charge >= 0.3 is 0 Å². The van der Waals surface area contributed by atoms with Crippen molar-refractivity contribution in [3.05, 3.63) is 75.6 Å². The first-order chi connectivity index (χ1) is 10.1. The van der Waals surface area contributed by atoms with Gasteiger partial charge in [0.1, 0.15) is 0 Å². The number of fused-ring (bicyclic) bond motifs is 1. The molecule has 0 aliphatic rings. The highest BCUT2D eigenvalue weighted by Gasteiger charge is 2.12. The first-order valence-corrected chi connectivity index (χ1v) is 6.59. The zero-order chi connectivity index (χ0) is 15.0. The van der Waals surface area contributed by atoms with Gasteiger partial charge in [-0.1, -0.05) is 12.1 Å². The van der Waals surface area contributed by atoms with Gasteiger partial charge in [-0.05, 0) is 42.8 Å². The quantitative estimate of drug-likeness (QED) is 0.559. The van der Waals surface area contributed by atoms with Crippen LogP contribution >= 0.6 is 0 Å². The minimum Gasteiger partial charge on any atom is -0.399 e. The van der Waals surface area contributed by atoms with E-state index in [0.29, 0.717) is 22.2 Å². The molecule has 0 radical (unpaired) electrons. The molecule has 3 rings (SSSR count). The molecule has 0 unspecified atom stereocenters. The van der Waals surface area contributed by atoms with Gasteiger partial charge in [0.2, 0.25) is 5.78 Å². The molecule has 1 aromatic heterocycles. The third kappa shape index (κ3) is 2.31. The number of nitrogens with two attached hydrogens (primary N) is 1. The van der Waals surface area contributed by atoms with Crippen molar-refractivity contribution < 1.29 is 4.79 Å². The number of anilines is 1. The lowest BCUT2D eigenvalue weighted by Gasteiger charge is -2.06. The number of benzene rings is 2. The fourth-order valence-electron chi connectivity index (χ4n) is 2.29. The molecule has 2 aromatic carbocycles. The monoisotopic (exact) mass is 278 g/mol. The number of pyridine rings is 1. The summed E-state index contributed by atoms with van der Waals surface area (Å²) in [5.41, 5.74) is 8.51. The van der Waals surface area contributed by atoms with E-state index >= 15 is 0 Å². The summed E-state index contributed by atoms with van der Waals surface area (Å²) < 4.78 is 0. The molecule has 3 aromatic rings. The van der Waals surface area contributed by atoms with Gasteiger partial charge in [-0.2, -0.15) is 0 Å². The zero-order valence-corrected chi connectivity index (χ0v) is 11.5. The van der Waals surface area contributed by atoms with E-state index in [-0.39, 0.29) is 16.9 Å². The Balaban J connectivity index is 2.13. The molecule has 0 spiro atoms. The van der Waals surface area contributed by atoms with Crippen LogP contribution in [0.3, 0.4) is 0 Å². The molecule has 4 nitrogen and oxygen atoms in total. The van der Waals surface area contributed by atoms with Crippen molar-refractivity contribution in [3.8, 4) is 0 Å². The smallest absolute Gasteiger partial charge is 0.209 e. The van der Waals surface area contributed by atoms with Gasteiger partial charge in [0.15, 0.2) is 5.43 Å². The second-order valence-corrected chi connectivity index (χ2v) is 4.99. The van der Waals surface area contributed by atoms with Crippen molar-refractivity contribution in [3.63, 3.8) is 0 Å². The normalized spacial score (nSPS) is 10.7. The minimum atomic E-state index is -0.221. The summed E-state index contributed by atoms with van der Waals surface area (Å²) in [6.45, 7) is 1.84. The molecule has 0 aliphatic carbocycles. The predicted molar refractivity (Wildman–Crippen MR) is 83.6 cm³/mol. The maximum atomic E-state index is 12.5. The fraction of sp³-hybridized carbons (Fsp3) is 0.0588. The largest absolute Gasteiger partial charge is 0.399 e. The van der Waals surface area contributed by atoms with Gasteiger partial charge in [-0.15, -0.1) is 0 Å². The van der Waals surface area contributed by atoms with E-state index < -0.39 is 0 Å². The Morgan fingerprint density at radius 3 is 2.62 bits per heavy atom. The molecule has 0 atom stereocenters. The number of aromatic amines is 1. The Kier molecular flexibility index (Phi) is 3.06. The molecular weight excluding hydrogens is 264 g/mol. The average Bonchev–Trinajstić information content (AvgIpc) is 2.49. The number of para-hydroxylation sites is 1. The van der Waals surface area contributed by atoms with E-state index in [9.17, 15) is 9.59 Å². The summed E-state index contributed by atoms with van der Waals surface area (Å²) >= 11 is 0. The van der Waals surface area contributed by atoms with Crippen molar-refractivity contribution >= 4 is 22.4 Å². The molecule has 4 heteroatoms. The lowest BCUT2D eigenvalue weighted by molar-refractivity contribution is 0.103. The number of hydrogen-bond donors (Lipinski definition) is 2. The predicted octanol–water partition coefficient (Wildman–Crippen LogP) is 2.65. The average molecular weight is 278 g/mol. The second-order valence-electron chi connectivity index (χ2n) is 4.99. The Hall–Kier alpha value is -2.88. The van der Waals surface area contributed by atoms with Crippen molar-refractivity contribution in [2.24, 2.45) is 0 Å². The fourth-order valence-corrected chi connectivity index (χ4v) is 2.29. The van der Waals surface area contributed by atoms with Gasteiger partial charge < -0.3 is 10.7 Å². The Morgan fingerprint density at radius 1 is 1.10 bits per heavy atom. The van der Waals surface area contributed by atoms with Gasteiger partial charge in [0.25, 0.3) is 0 Å². The Bertz CT molecular complexity index is 910. The third-order valence-corrected chi connectivity index (χ3v) is 3.51. The van der Waals surface area contributed by atoms with E-state index in [1.54, 1.807) is 36.4 Å². The summed E-state index contributed by atoms with van der Waals surface area (Å²) in [6.07, 6.45) is 0. The van der Waals surface area contributed by atoms with Crippen LogP contribution in [-0.4, -0.2) is 10.8 Å². The first-order valence-electron chi connectivity index (χ1n) is 6.59. The summed E-state index contributed by atoms with van der Waals surface area (Å²) in [6, 6.07) is 13.6. The van der Waals surface area contributed by atoms with E-state index in [1.165, 1.54) is 6.07 Å². The molecule has 21 heavy (non-hydrogen) atoms. The molecule has 0 saturated carbocycles. The number of aryl methyl sites for hydroxylation is 1. The van der Waals surface area contributed by atoms with Crippen LogP contribution < -0.4 is 11.2 Å². The summed E-state index contributed by atoms with van der Waals surface area (Å²) in [5.74, 6) is -0.221. The molecular formula is C17H14N2O2. The van der Waals surface area contributed by atoms with Crippen LogP contribution in [0.5, 0.6) is 0 Å². The number of hydrogen-bond acceptors (Lipinski definition) is 3. The molecule has 0 amide bonds. The lowest BCUT2D eigenvalue weighted by Crippen LogP contribution is -2.11. The van der Waals surface area contributed by atoms with Crippen LogP contribution in [0.4, 0.5) is 5.69 Å². The summed E-state index contributed by atoms with van der Waals surface area (Å²) in [4.78, 5) is 27.6. The van der Waals surface area contributed by atoms with Crippen LogP contribution in [0.1, 0.15) is 21.6 Å².